The molecule has 0 spiro atoms. The Morgan fingerprint density at radius 1 is 0.800 bits per heavy atom. The Bertz CT molecular complexity index is 1020. The first-order valence-corrected chi connectivity index (χ1v) is 9.17. The van der Waals surface area contributed by atoms with Crippen molar-refractivity contribution in [1.82, 2.24) is 9.97 Å². The summed E-state index contributed by atoms with van der Waals surface area (Å²) in [5.74, 6) is 1.45. The second kappa shape index (κ2) is 5.78. The Morgan fingerprint density at radius 3 is 2.48 bits per heavy atom. The average molecular weight is 387 g/mol. The third-order valence-corrected chi connectivity index (χ3v) is 5.53. The van der Waals surface area contributed by atoms with Gasteiger partial charge in [0, 0.05) is 34.3 Å². The quantitative estimate of drug-likeness (QED) is 0.532. The van der Waals surface area contributed by atoms with Crippen molar-refractivity contribution in [3.63, 3.8) is 0 Å². The zero-order valence-electron chi connectivity index (χ0n) is 13.4. The van der Waals surface area contributed by atoms with Gasteiger partial charge in [-0.05, 0) is 40.5 Å². The normalized spacial score (nSPS) is 20.3. The summed E-state index contributed by atoms with van der Waals surface area (Å²) in [7, 11) is 0. The minimum atomic E-state index is 0.314. The standard InChI is InChI=1S/C22H15BrN2/c23-15-7-9-19-18-8-6-14(22-24-10-3-11-25-22)12-20(18)16-4-1-2-5-17(16)21(19)13-15/h1-13,18,20H. The second-order valence-electron chi connectivity index (χ2n) is 6.42. The van der Waals surface area contributed by atoms with Crippen LogP contribution in [0.5, 0.6) is 0 Å². The van der Waals surface area contributed by atoms with Crippen LogP contribution in [0.25, 0.3) is 16.7 Å². The van der Waals surface area contributed by atoms with E-state index in [9.17, 15) is 0 Å². The van der Waals surface area contributed by atoms with E-state index < -0.39 is 0 Å². The number of hydrogen-bond donors (Lipinski definition) is 0. The summed E-state index contributed by atoms with van der Waals surface area (Å²) < 4.78 is 1.12. The van der Waals surface area contributed by atoms with E-state index in [0.29, 0.717) is 11.8 Å². The van der Waals surface area contributed by atoms with E-state index in [-0.39, 0.29) is 0 Å². The molecule has 2 nitrogen and oxygen atoms in total. The van der Waals surface area contributed by atoms with Crippen molar-refractivity contribution in [3.8, 4) is 11.1 Å². The molecule has 2 atom stereocenters. The molecule has 3 heteroatoms. The fourth-order valence-corrected chi connectivity index (χ4v) is 4.30. The van der Waals surface area contributed by atoms with Gasteiger partial charge in [-0.1, -0.05) is 64.5 Å². The molecule has 0 fully saturated rings. The maximum absolute atomic E-state index is 4.42. The van der Waals surface area contributed by atoms with E-state index in [1.54, 1.807) is 12.4 Å². The number of rotatable bonds is 1. The van der Waals surface area contributed by atoms with Crippen molar-refractivity contribution in [3.05, 3.63) is 101 Å². The lowest BCUT2D eigenvalue weighted by Crippen LogP contribution is -2.17. The first kappa shape index (κ1) is 14.8. The summed E-state index contributed by atoms with van der Waals surface area (Å²) in [5, 5.41) is 0. The van der Waals surface area contributed by atoms with E-state index in [2.05, 4.69) is 86.6 Å². The Morgan fingerprint density at radius 2 is 1.60 bits per heavy atom. The van der Waals surface area contributed by atoms with Gasteiger partial charge in [0.1, 0.15) is 0 Å². The number of fused-ring (bicyclic) bond motifs is 6. The highest BCUT2D eigenvalue weighted by molar-refractivity contribution is 9.10. The lowest BCUT2D eigenvalue weighted by molar-refractivity contribution is 0.721. The summed E-state index contributed by atoms with van der Waals surface area (Å²) in [6, 6.07) is 17.2. The lowest BCUT2D eigenvalue weighted by Gasteiger charge is -2.34. The van der Waals surface area contributed by atoms with Crippen LogP contribution in [0, 0.1) is 0 Å². The predicted molar refractivity (Wildman–Crippen MR) is 104 cm³/mol. The molecule has 2 aliphatic rings. The van der Waals surface area contributed by atoms with Crippen LogP contribution in [0.3, 0.4) is 0 Å². The van der Waals surface area contributed by atoms with Gasteiger partial charge in [-0.25, -0.2) is 9.97 Å². The van der Waals surface area contributed by atoms with Gasteiger partial charge in [0.2, 0.25) is 0 Å². The Labute approximate surface area is 155 Å². The van der Waals surface area contributed by atoms with Crippen LogP contribution in [0.4, 0.5) is 0 Å². The van der Waals surface area contributed by atoms with Crippen LogP contribution < -0.4 is 0 Å². The van der Waals surface area contributed by atoms with Gasteiger partial charge in [0.25, 0.3) is 0 Å². The van der Waals surface area contributed by atoms with Gasteiger partial charge in [-0.15, -0.1) is 0 Å². The Balaban J connectivity index is 1.70. The Hall–Kier alpha value is -2.52. The van der Waals surface area contributed by atoms with Crippen molar-refractivity contribution in [1.29, 1.82) is 0 Å². The molecule has 120 valence electrons. The highest BCUT2D eigenvalue weighted by Crippen LogP contribution is 2.51. The molecular weight excluding hydrogens is 372 g/mol. The molecule has 0 aliphatic heterocycles. The number of aromatic nitrogens is 2. The summed E-state index contributed by atoms with van der Waals surface area (Å²) in [6.07, 6.45) is 10.4. The Kier molecular flexibility index (Phi) is 3.42. The third-order valence-electron chi connectivity index (χ3n) is 5.04. The summed E-state index contributed by atoms with van der Waals surface area (Å²) in [4.78, 5) is 8.83. The topological polar surface area (TPSA) is 25.8 Å². The predicted octanol–water partition coefficient (Wildman–Crippen LogP) is 5.74. The van der Waals surface area contributed by atoms with Gasteiger partial charge >= 0.3 is 0 Å². The van der Waals surface area contributed by atoms with Gasteiger partial charge in [0.05, 0.1) is 0 Å². The maximum Gasteiger partial charge on any atom is 0.158 e. The zero-order chi connectivity index (χ0) is 16.8. The monoisotopic (exact) mass is 386 g/mol. The molecule has 5 rings (SSSR count). The van der Waals surface area contributed by atoms with Crippen molar-refractivity contribution in [2.75, 3.05) is 0 Å². The molecule has 3 aromatic rings. The molecule has 0 saturated carbocycles. The van der Waals surface area contributed by atoms with Crippen LogP contribution in [0.2, 0.25) is 0 Å². The molecule has 25 heavy (non-hydrogen) atoms. The molecule has 0 N–H and O–H groups in total. The highest BCUT2D eigenvalue weighted by atomic mass is 79.9. The van der Waals surface area contributed by atoms with E-state index in [4.69, 9.17) is 0 Å². The van der Waals surface area contributed by atoms with Crippen molar-refractivity contribution in [2.24, 2.45) is 0 Å². The zero-order valence-corrected chi connectivity index (χ0v) is 15.0. The number of halogens is 1. The van der Waals surface area contributed by atoms with Crippen LogP contribution in [0.15, 0.2) is 83.6 Å². The largest absolute Gasteiger partial charge is 0.237 e. The van der Waals surface area contributed by atoms with Gasteiger partial charge in [0.15, 0.2) is 5.82 Å². The molecule has 2 aliphatic carbocycles. The average Bonchev–Trinajstić information content (AvgIpc) is 2.68. The lowest BCUT2D eigenvalue weighted by atomic mass is 9.69. The molecule has 0 saturated heterocycles. The molecule has 2 aromatic carbocycles. The van der Waals surface area contributed by atoms with Crippen LogP contribution in [0.1, 0.15) is 28.8 Å². The third kappa shape index (κ3) is 2.38. The summed E-state index contributed by atoms with van der Waals surface area (Å²) >= 11 is 3.62. The minimum absolute atomic E-state index is 0.314. The van der Waals surface area contributed by atoms with Gasteiger partial charge < -0.3 is 0 Å². The number of benzene rings is 2. The fourth-order valence-electron chi connectivity index (χ4n) is 3.94. The second-order valence-corrected chi connectivity index (χ2v) is 7.34. The molecule has 0 radical (unpaired) electrons. The van der Waals surface area contributed by atoms with E-state index in [0.717, 1.165) is 15.9 Å². The van der Waals surface area contributed by atoms with Crippen molar-refractivity contribution < 1.29 is 0 Å². The molecule has 1 aromatic heterocycles. The molecular formula is C22H15BrN2. The minimum Gasteiger partial charge on any atom is -0.237 e. The molecule has 0 bridgehead atoms. The molecule has 1 heterocycles. The first-order valence-electron chi connectivity index (χ1n) is 8.37. The number of nitrogens with zero attached hydrogens (tertiary/aromatic N) is 2. The molecule has 2 unspecified atom stereocenters. The van der Waals surface area contributed by atoms with E-state index in [1.165, 1.54) is 22.3 Å². The van der Waals surface area contributed by atoms with Gasteiger partial charge in [-0.3, -0.25) is 0 Å². The maximum atomic E-state index is 4.42. The van der Waals surface area contributed by atoms with E-state index in [1.807, 2.05) is 6.07 Å². The number of allylic oxidation sites excluding steroid dienone is 4. The van der Waals surface area contributed by atoms with Crippen LogP contribution in [-0.2, 0) is 0 Å². The smallest absolute Gasteiger partial charge is 0.158 e. The van der Waals surface area contributed by atoms with Crippen molar-refractivity contribution in [2.45, 2.75) is 11.8 Å². The fraction of sp³-hybridized carbons (Fsp3) is 0.0909. The summed E-state index contributed by atoms with van der Waals surface area (Å²) in [5.41, 5.74) is 6.49. The van der Waals surface area contributed by atoms with Crippen molar-refractivity contribution >= 4 is 21.5 Å². The van der Waals surface area contributed by atoms with Crippen LogP contribution in [-0.4, -0.2) is 9.97 Å². The SMILES string of the molecule is Brc1ccc2c(c1)-c1ccccc1C1C=C(c3ncccn3)C=CC21. The molecule has 0 amide bonds. The van der Waals surface area contributed by atoms with Gasteiger partial charge in [-0.2, -0.15) is 0 Å². The van der Waals surface area contributed by atoms with E-state index >= 15 is 0 Å². The first-order chi connectivity index (χ1) is 12.3. The number of hydrogen-bond acceptors (Lipinski definition) is 2. The summed E-state index contributed by atoms with van der Waals surface area (Å²) in [6.45, 7) is 0. The highest BCUT2D eigenvalue weighted by Gasteiger charge is 2.33. The van der Waals surface area contributed by atoms with Crippen LogP contribution >= 0.6 is 15.9 Å².